The Morgan fingerprint density at radius 3 is 3.00 bits per heavy atom. The SMILES string of the molecule is O=C(NO)c1cccnn1. The smallest absolute Gasteiger partial charge is 0.288 e. The highest BCUT2D eigenvalue weighted by Gasteiger charge is 2.02. The summed E-state index contributed by atoms with van der Waals surface area (Å²) in [6.07, 6.45) is 1.44. The quantitative estimate of drug-likeness (QED) is 0.410. The van der Waals surface area contributed by atoms with Crippen LogP contribution in [0.2, 0.25) is 0 Å². The molecule has 0 saturated carbocycles. The monoisotopic (exact) mass is 139 g/mol. The number of hydrogen-bond donors (Lipinski definition) is 2. The van der Waals surface area contributed by atoms with Crippen molar-refractivity contribution in [2.75, 3.05) is 0 Å². The molecule has 0 unspecified atom stereocenters. The molecule has 5 nitrogen and oxygen atoms in total. The van der Waals surface area contributed by atoms with Gasteiger partial charge in [-0.25, -0.2) is 5.48 Å². The number of aromatic nitrogens is 2. The van der Waals surface area contributed by atoms with Gasteiger partial charge in [0.2, 0.25) is 0 Å². The Balaban J connectivity index is 2.85. The second kappa shape index (κ2) is 2.88. The van der Waals surface area contributed by atoms with Crippen molar-refractivity contribution in [1.29, 1.82) is 0 Å². The number of carbonyl (C=O) groups excluding carboxylic acids is 1. The number of hydroxylamine groups is 1. The lowest BCUT2D eigenvalue weighted by molar-refractivity contribution is 0.0699. The van der Waals surface area contributed by atoms with Gasteiger partial charge in [0.15, 0.2) is 5.69 Å². The minimum absolute atomic E-state index is 0.0880. The van der Waals surface area contributed by atoms with Gasteiger partial charge in [0.25, 0.3) is 5.91 Å². The average Bonchev–Trinajstić information content (AvgIpc) is 2.05. The van der Waals surface area contributed by atoms with Crippen LogP contribution in [0.1, 0.15) is 10.5 Å². The van der Waals surface area contributed by atoms with E-state index in [2.05, 4.69) is 10.2 Å². The van der Waals surface area contributed by atoms with E-state index >= 15 is 0 Å². The molecule has 0 aliphatic carbocycles. The molecule has 1 aromatic heterocycles. The van der Waals surface area contributed by atoms with Crippen molar-refractivity contribution in [3.8, 4) is 0 Å². The van der Waals surface area contributed by atoms with Gasteiger partial charge < -0.3 is 0 Å². The Kier molecular flexibility index (Phi) is 1.91. The number of nitrogens with one attached hydrogen (secondary N) is 1. The predicted molar refractivity (Wildman–Crippen MR) is 31.3 cm³/mol. The first-order valence-corrected chi connectivity index (χ1v) is 2.56. The summed E-state index contributed by atoms with van der Waals surface area (Å²) >= 11 is 0. The molecule has 0 saturated heterocycles. The van der Waals surface area contributed by atoms with E-state index in [1.165, 1.54) is 17.7 Å². The van der Waals surface area contributed by atoms with Crippen LogP contribution in [0.4, 0.5) is 0 Å². The van der Waals surface area contributed by atoms with Crippen molar-refractivity contribution in [2.45, 2.75) is 0 Å². The van der Waals surface area contributed by atoms with Gasteiger partial charge in [0.1, 0.15) is 0 Å². The zero-order valence-electron chi connectivity index (χ0n) is 4.98. The topological polar surface area (TPSA) is 75.1 Å². The summed E-state index contributed by atoms with van der Waals surface area (Å²) < 4.78 is 0. The maximum atomic E-state index is 10.5. The van der Waals surface area contributed by atoms with Crippen LogP contribution in [-0.4, -0.2) is 21.3 Å². The molecular weight excluding hydrogens is 134 g/mol. The van der Waals surface area contributed by atoms with E-state index < -0.39 is 5.91 Å². The molecule has 52 valence electrons. The number of hydrogen-bond acceptors (Lipinski definition) is 4. The second-order valence-corrected chi connectivity index (χ2v) is 1.55. The summed E-state index contributed by atoms with van der Waals surface area (Å²) in [6.45, 7) is 0. The highest BCUT2D eigenvalue weighted by molar-refractivity contribution is 5.90. The number of amides is 1. The number of nitrogens with zero attached hydrogens (tertiary/aromatic N) is 2. The van der Waals surface area contributed by atoms with Gasteiger partial charge in [-0.3, -0.25) is 10.0 Å². The maximum Gasteiger partial charge on any atom is 0.295 e. The second-order valence-electron chi connectivity index (χ2n) is 1.55. The third-order valence-electron chi connectivity index (χ3n) is 0.906. The molecule has 1 rings (SSSR count). The zero-order valence-corrected chi connectivity index (χ0v) is 4.98. The van der Waals surface area contributed by atoms with Crippen molar-refractivity contribution in [2.24, 2.45) is 0 Å². The highest BCUT2D eigenvalue weighted by atomic mass is 16.5. The van der Waals surface area contributed by atoms with Gasteiger partial charge in [-0.2, -0.15) is 5.10 Å². The lowest BCUT2D eigenvalue weighted by Gasteiger charge is -1.92. The van der Waals surface area contributed by atoms with Crippen LogP contribution in [0.25, 0.3) is 0 Å². The molecule has 1 heterocycles. The van der Waals surface area contributed by atoms with Crippen molar-refractivity contribution >= 4 is 5.91 Å². The van der Waals surface area contributed by atoms with E-state index in [0.717, 1.165) is 0 Å². The molecule has 1 amide bonds. The number of carbonyl (C=O) groups is 1. The fourth-order valence-corrected chi connectivity index (χ4v) is 0.480. The van der Waals surface area contributed by atoms with Crippen LogP contribution in [-0.2, 0) is 0 Å². The van der Waals surface area contributed by atoms with Crippen LogP contribution in [0.15, 0.2) is 18.3 Å². The summed E-state index contributed by atoms with van der Waals surface area (Å²) in [7, 11) is 0. The lowest BCUT2D eigenvalue weighted by atomic mass is 10.4. The summed E-state index contributed by atoms with van der Waals surface area (Å²) in [6, 6.07) is 3.00. The first kappa shape index (κ1) is 6.63. The average molecular weight is 139 g/mol. The van der Waals surface area contributed by atoms with Crippen molar-refractivity contribution in [3.05, 3.63) is 24.0 Å². The van der Waals surface area contributed by atoms with Crippen LogP contribution < -0.4 is 5.48 Å². The lowest BCUT2D eigenvalue weighted by Crippen LogP contribution is -2.19. The van der Waals surface area contributed by atoms with Gasteiger partial charge in [-0.05, 0) is 12.1 Å². The van der Waals surface area contributed by atoms with Gasteiger partial charge in [-0.1, -0.05) is 0 Å². The largest absolute Gasteiger partial charge is 0.295 e. The summed E-state index contributed by atoms with van der Waals surface area (Å²) in [5.41, 5.74) is 1.53. The molecule has 10 heavy (non-hydrogen) atoms. The van der Waals surface area contributed by atoms with Crippen LogP contribution in [0.3, 0.4) is 0 Å². The Morgan fingerprint density at radius 2 is 2.50 bits per heavy atom. The Hall–Kier alpha value is -1.49. The minimum atomic E-state index is -0.659. The Morgan fingerprint density at radius 1 is 1.70 bits per heavy atom. The van der Waals surface area contributed by atoms with E-state index in [-0.39, 0.29) is 5.69 Å². The van der Waals surface area contributed by atoms with E-state index in [1.54, 1.807) is 6.07 Å². The fourth-order valence-electron chi connectivity index (χ4n) is 0.480. The molecule has 0 aromatic carbocycles. The third kappa shape index (κ3) is 1.26. The Bertz CT molecular complexity index is 224. The summed E-state index contributed by atoms with van der Waals surface area (Å²) in [5.74, 6) is -0.659. The maximum absolute atomic E-state index is 10.5. The van der Waals surface area contributed by atoms with Gasteiger partial charge in [-0.15, -0.1) is 5.10 Å². The van der Waals surface area contributed by atoms with E-state index in [0.29, 0.717) is 0 Å². The third-order valence-corrected chi connectivity index (χ3v) is 0.906. The van der Waals surface area contributed by atoms with Gasteiger partial charge >= 0.3 is 0 Å². The van der Waals surface area contributed by atoms with E-state index in [4.69, 9.17) is 5.21 Å². The fraction of sp³-hybridized carbons (Fsp3) is 0. The molecule has 1 aromatic rings. The molecule has 2 N–H and O–H groups in total. The Labute approximate surface area is 56.7 Å². The molecule has 0 bridgehead atoms. The molecule has 0 fully saturated rings. The molecule has 0 aliphatic heterocycles. The standard InChI is InChI=1S/C5H5N3O2/c9-5(8-10)4-2-1-3-6-7-4/h1-3,10H,(H,8,9). The molecule has 0 spiro atoms. The summed E-state index contributed by atoms with van der Waals surface area (Å²) in [4.78, 5) is 10.5. The first-order valence-electron chi connectivity index (χ1n) is 2.56. The molecule has 5 heteroatoms. The highest BCUT2D eigenvalue weighted by Crippen LogP contribution is 1.88. The van der Waals surface area contributed by atoms with Crippen LogP contribution in [0.5, 0.6) is 0 Å². The van der Waals surface area contributed by atoms with Crippen LogP contribution >= 0.6 is 0 Å². The number of rotatable bonds is 1. The van der Waals surface area contributed by atoms with Crippen LogP contribution in [0, 0.1) is 0 Å². The van der Waals surface area contributed by atoms with Gasteiger partial charge in [0, 0.05) is 6.20 Å². The minimum Gasteiger partial charge on any atom is -0.288 e. The molecular formula is C5H5N3O2. The summed E-state index contributed by atoms with van der Waals surface area (Å²) in [5, 5.41) is 15.0. The van der Waals surface area contributed by atoms with Gasteiger partial charge in [0.05, 0.1) is 0 Å². The first-order chi connectivity index (χ1) is 4.84. The molecule has 0 aliphatic rings. The van der Waals surface area contributed by atoms with Crippen molar-refractivity contribution < 1.29 is 10.0 Å². The van der Waals surface area contributed by atoms with Crippen molar-refractivity contribution in [3.63, 3.8) is 0 Å². The molecule has 0 radical (unpaired) electrons. The zero-order chi connectivity index (χ0) is 7.40. The van der Waals surface area contributed by atoms with E-state index in [1.807, 2.05) is 0 Å². The van der Waals surface area contributed by atoms with E-state index in [9.17, 15) is 4.79 Å². The normalized spacial score (nSPS) is 8.90. The predicted octanol–water partition coefficient (Wildman–Crippen LogP) is -0.404. The molecule has 0 atom stereocenters. The van der Waals surface area contributed by atoms with Crippen molar-refractivity contribution in [1.82, 2.24) is 15.7 Å².